The fourth-order valence-electron chi connectivity index (χ4n) is 6.54. The molecule has 6 rings (SSSR count). The number of rotatable bonds is 17. The van der Waals surface area contributed by atoms with Gasteiger partial charge >= 0.3 is 0 Å². The Bertz CT molecular complexity index is 2120. The molecule has 1 aliphatic rings. The number of benzene rings is 1. The summed E-state index contributed by atoms with van der Waals surface area (Å²) in [6.45, 7) is 11.9. The van der Waals surface area contributed by atoms with Crippen molar-refractivity contribution in [2.24, 2.45) is 5.92 Å². The maximum Gasteiger partial charge on any atom is 0.264 e. The van der Waals surface area contributed by atoms with Gasteiger partial charge in [0.2, 0.25) is 11.8 Å². The molecule has 1 aliphatic heterocycles. The number of aromatic nitrogens is 5. The Morgan fingerprint density at radius 1 is 1.11 bits per heavy atom. The highest BCUT2D eigenvalue weighted by molar-refractivity contribution is 8.00. The van der Waals surface area contributed by atoms with Crippen LogP contribution in [0, 0.1) is 17.2 Å². The van der Waals surface area contributed by atoms with Crippen LogP contribution in [0.3, 0.4) is 0 Å². The standard InChI is InChI=1S/C41H49N9O3S3/c1-6-8-33(48(5)39(52)31(22-42)21-36-43-15-20-54-36)29-11-9-28(10-12-29)32-23-46-50(26-32)19-18-49-16-13-30(14-17-49)38(51)47-40-45-25-37(56-40)55-27-35-44-24-34(53-35)41(3,4)7-2/h9-12,15,20-21,23-26,30,33H,6-8,13-14,16-19,27H2,1-5H3,(H,45,47,51)/b31-21+. The third-order valence-electron chi connectivity index (χ3n) is 10.4. The first-order valence-corrected chi connectivity index (χ1v) is 21.7. The van der Waals surface area contributed by atoms with Crippen LogP contribution in [0.4, 0.5) is 5.13 Å². The van der Waals surface area contributed by atoms with Gasteiger partial charge in [0, 0.05) is 48.3 Å². The number of thiazole rings is 2. The number of oxazole rings is 1. The van der Waals surface area contributed by atoms with Gasteiger partial charge in [-0.05, 0) is 56.0 Å². The van der Waals surface area contributed by atoms with Crippen LogP contribution < -0.4 is 5.32 Å². The lowest BCUT2D eigenvalue weighted by Gasteiger charge is -2.30. The van der Waals surface area contributed by atoms with Gasteiger partial charge in [0.05, 0.1) is 41.1 Å². The summed E-state index contributed by atoms with van der Waals surface area (Å²) in [5.74, 6) is 1.89. The SMILES string of the molecule is CCCC(c1ccc(-c2cnn(CCN3CCC(C(=O)Nc4ncc(SCc5ncc(C(C)(C)CC)o5)s4)CC3)c2)cc1)N(C)C(=O)/C(C#N)=C/c1nccs1. The fourth-order valence-corrected chi connectivity index (χ4v) is 8.84. The number of carbonyl (C=O) groups excluding carboxylic acids is 2. The summed E-state index contributed by atoms with van der Waals surface area (Å²) in [6.07, 6.45) is 15.0. The third-order valence-corrected chi connectivity index (χ3v) is 13.3. The zero-order valence-electron chi connectivity index (χ0n) is 32.6. The number of amides is 2. The summed E-state index contributed by atoms with van der Waals surface area (Å²) in [6, 6.07) is 10.1. The van der Waals surface area contributed by atoms with E-state index in [1.807, 2.05) is 22.5 Å². The number of anilines is 1. The highest BCUT2D eigenvalue weighted by Gasteiger charge is 2.27. The molecule has 0 bridgehead atoms. The molecular weight excluding hydrogens is 763 g/mol. The molecule has 4 aromatic heterocycles. The topological polar surface area (TPSA) is 146 Å². The largest absolute Gasteiger partial charge is 0.444 e. The molecule has 1 atom stereocenters. The van der Waals surface area contributed by atoms with Crippen LogP contribution >= 0.6 is 34.4 Å². The van der Waals surface area contributed by atoms with Gasteiger partial charge in [0.15, 0.2) is 5.13 Å². The number of nitriles is 1. The molecule has 0 aliphatic carbocycles. The molecule has 56 heavy (non-hydrogen) atoms. The number of likely N-dealkylation sites (N-methyl/N-ethyl adjacent to an activating group) is 1. The molecule has 1 unspecified atom stereocenters. The summed E-state index contributed by atoms with van der Waals surface area (Å²) in [7, 11) is 1.76. The van der Waals surface area contributed by atoms with Crippen LogP contribution in [-0.2, 0) is 27.3 Å². The van der Waals surface area contributed by atoms with Crippen LogP contribution in [0.25, 0.3) is 17.2 Å². The Morgan fingerprint density at radius 2 is 1.89 bits per heavy atom. The minimum atomic E-state index is -0.316. The van der Waals surface area contributed by atoms with E-state index in [-0.39, 0.29) is 34.8 Å². The van der Waals surface area contributed by atoms with Crippen molar-refractivity contribution < 1.29 is 14.0 Å². The first-order chi connectivity index (χ1) is 27.1. The van der Waals surface area contributed by atoms with Crippen molar-refractivity contribution in [3.8, 4) is 17.2 Å². The molecule has 1 aromatic carbocycles. The van der Waals surface area contributed by atoms with Crippen molar-refractivity contribution in [2.45, 2.75) is 87.8 Å². The quantitative estimate of drug-likeness (QED) is 0.0550. The molecular formula is C41H49N9O3S3. The second-order valence-electron chi connectivity index (χ2n) is 14.6. The van der Waals surface area contributed by atoms with Gasteiger partial charge in [-0.1, -0.05) is 69.7 Å². The molecule has 0 spiro atoms. The van der Waals surface area contributed by atoms with E-state index in [1.54, 1.807) is 42.2 Å². The monoisotopic (exact) mass is 811 g/mol. The van der Waals surface area contributed by atoms with Crippen LogP contribution in [0.1, 0.15) is 88.1 Å². The average Bonchev–Trinajstić information content (AvgIpc) is 4.06. The van der Waals surface area contributed by atoms with Crippen LogP contribution in [0.5, 0.6) is 0 Å². The van der Waals surface area contributed by atoms with E-state index in [4.69, 9.17) is 4.42 Å². The molecule has 0 radical (unpaired) electrons. The van der Waals surface area contributed by atoms with Crippen molar-refractivity contribution in [1.29, 1.82) is 5.26 Å². The Balaban J connectivity index is 0.944. The van der Waals surface area contributed by atoms with Gasteiger partial charge in [-0.3, -0.25) is 14.3 Å². The lowest BCUT2D eigenvalue weighted by atomic mass is 9.88. The average molecular weight is 812 g/mol. The highest BCUT2D eigenvalue weighted by atomic mass is 32.2. The minimum absolute atomic E-state index is 0.0344. The van der Waals surface area contributed by atoms with Gasteiger partial charge in [-0.25, -0.2) is 15.0 Å². The Morgan fingerprint density at radius 3 is 2.59 bits per heavy atom. The molecule has 1 fully saturated rings. The number of nitrogens with one attached hydrogen (secondary N) is 1. The number of piperidine rings is 1. The second-order valence-corrected chi connectivity index (χ2v) is 17.8. The van der Waals surface area contributed by atoms with Gasteiger partial charge in [0.25, 0.3) is 5.91 Å². The van der Waals surface area contributed by atoms with E-state index in [0.29, 0.717) is 21.8 Å². The third kappa shape index (κ3) is 10.4. The van der Waals surface area contributed by atoms with Gasteiger partial charge in [0.1, 0.15) is 22.4 Å². The Kier molecular flexibility index (Phi) is 13.9. The molecule has 5 aromatic rings. The predicted octanol–water partition coefficient (Wildman–Crippen LogP) is 8.69. The molecule has 2 amide bonds. The van der Waals surface area contributed by atoms with Crippen LogP contribution in [0.15, 0.2) is 74.8 Å². The summed E-state index contributed by atoms with van der Waals surface area (Å²) < 4.78 is 8.96. The van der Waals surface area contributed by atoms with Crippen molar-refractivity contribution in [2.75, 3.05) is 32.0 Å². The number of likely N-dealkylation sites (tertiary alicyclic amines) is 1. The number of hydrogen-bond acceptors (Lipinski definition) is 12. The molecule has 12 nitrogen and oxygen atoms in total. The molecule has 0 saturated carbocycles. The summed E-state index contributed by atoms with van der Waals surface area (Å²) >= 11 is 4.48. The zero-order valence-corrected chi connectivity index (χ0v) is 35.1. The van der Waals surface area contributed by atoms with E-state index in [1.165, 1.54) is 22.7 Å². The van der Waals surface area contributed by atoms with Gasteiger partial charge in [-0.15, -0.1) is 23.1 Å². The van der Waals surface area contributed by atoms with E-state index in [0.717, 1.165) is 84.9 Å². The minimum Gasteiger partial charge on any atom is -0.444 e. The number of hydrogen-bond donors (Lipinski definition) is 1. The predicted molar refractivity (Wildman–Crippen MR) is 223 cm³/mol. The maximum atomic E-state index is 13.3. The summed E-state index contributed by atoms with van der Waals surface area (Å²) in [5.41, 5.74) is 3.12. The van der Waals surface area contributed by atoms with Crippen LogP contribution in [-0.4, -0.2) is 73.0 Å². The van der Waals surface area contributed by atoms with E-state index >= 15 is 0 Å². The van der Waals surface area contributed by atoms with Crippen molar-refractivity contribution in [3.05, 3.63) is 88.4 Å². The number of carbonyl (C=O) groups is 2. The second kappa shape index (κ2) is 19.0. The zero-order chi connectivity index (χ0) is 39.7. The molecule has 5 heterocycles. The molecule has 1 N–H and O–H groups in total. The summed E-state index contributed by atoms with van der Waals surface area (Å²) in [4.78, 5) is 43.6. The number of thioether (sulfide) groups is 1. The van der Waals surface area contributed by atoms with Crippen LogP contribution in [0.2, 0.25) is 0 Å². The molecule has 294 valence electrons. The first kappa shape index (κ1) is 41.0. The molecule has 15 heteroatoms. The van der Waals surface area contributed by atoms with Crippen molar-refractivity contribution >= 4 is 57.5 Å². The normalized spacial score (nSPS) is 14.8. The summed E-state index contributed by atoms with van der Waals surface area (Å²) in [5, 5.41) is 20.5. The van der Waals surface area contributed by atoms with E-state index in [9.17, 15) is 14.9 Å². The lowest BCUT2D eigenvalue weighted by Crippen LogP contribution is -2.39. The lowest BCUT2D eigenvalue weighted by molar-refractivity contribution is -0.127. The Labute approximate surface area is 341 Å². The van der Waals surface area contributed by atoms with Gasteiger partial charge in [-0.2, -0.15) is 10.4 Å². The van der Waals surface area contributed by atoms with Gasteiger partial charge < -0.3 is 19.5 Å². The fraction of sp³-hybridized carbons (Fsp3) is 0.439. The Hall–Kier alpha value is -4.62. The van der Waals surface area contributed by atoms with E-state index in [2.05, 4.69) is 94.5 Å². The maximum absolute atomic E-state index is 13.3. The van der Waals surface area contributed by atoms with Crippen molar-refractivity contribution in [3.63, 3.8) is 0 Å². The van der Waals surface area contributed by atoms with Crippen molar-refractivity contribution in [1.82, 2.24) is 34.5 Å². The number of nitrogens with zero attached hydrogens (tertiary/aromatic N) is 8. The highest BCUT2D eigenvalue weighted by Crippen LogP contribution is 2.34. The smallest absolute Gasteiger partial charge is 0.264 e. The first-order valence-electron chi connectivity index (χ1n) is 19.0. The molecule has 1 saturated heterocycles. The van der Waals surface area contributed by atoms with E-state index < -0.39 is 0 Å².